The number of hydrogen-bond acceptors (Lipinski definition) is 3. The number of hydrazone groups is 1. The predicted molar refractivity (Wildman–Crippen MR) is 113 cm³/mol. The molecule has 3 aromatic rings. The summed E-state index contributed by atoms with van der Waals surface area (Å²) in [6, 6.07) is 22.1. The Balaban J connectivity index is 1.57. The third-order valence-electron chi connectivity index (χ3n) is 3.87. The fraction of sp³-hybridized carbons (Fsp3) is 0.0909. The number of hydrogen-bond donors (Lipinski definition) is 1. The van der Waals surface area contributed by atoms with Gasteiger partial charge in [0.15, 0.2) is 0 Å². The minimum Gasteiger partial charge on any atom is -0.488 e. The van der Waals surface area contributed by atoms with E-state index in [9.17, 15) is 4.79 Å². The highest BCUT2D eigenvalue weighted by atomic mass is 35.5. The van der Waals surface area contributed by atoms with Crippen LogP contribution in [0, 0.1) is 0 Å². The second kappa shape index (κ2) is 9.93. The Morgan fingerprint density at radius 3 is 2.50 bits per heavy atom. The monoisotopic (exact) mass is 412 g/mol. The highest BCUT2D eigenvalue weighted by Gasteiger charge is 2.04. The van der Waals surface area contributed by atoms with Gasteiger partial charge < -0.3 is 4.74 Å². The van der Waals surface area contributed by atoms with Gasteiger partial charge in [-0.05, 0) is 47.5 Å². The first kappa shape index (κ1) is 19.9. The number of ether oxygens (including phenoxy) is 1. The number of carbonyl (C=O) groups is 1. The van der Waals surface area contributed by atoms with Gasteiger partial charge in [-0.15, -0.1) is 0 Å². The molecule has 28 heavy (non-hydrogen) atoms. The van der Waals surface area contributed by atoms with E-state index in [-0.39, 0.29) is 12.3 Å². The number of amides is 1. The number of nitrogens with one attached hydrogen (secondary N) is 1. The topological polar surface area (TPSA) is 50.7 Å². The molecule has 0 heterocycles. The SMILES string of the molecule is O=C(Cc1ccc(Cl)cc1)N/N=C/c1ccccc1OCc1cccc(Cl)c1. The van der Waals surface area contributed by atoms with Crippen LogP contribution in [0.3, 0.4) is 0 Å². The first-order valence-electron chi connectivity index (χ1n) is 8.63. The Morgan fingerprint density at radius 2 is 1.71 bits per heavy atom. The molecule has 0 aliphatic heterocycles. The smallest absolute Gasteiger partial charge is 0.244 e. The maximum absolute atomic E-state index is 12.0. The zero-order valence-corrected chi connectivity index (χ0v) is 16.5. The molecule has 0 spiro atoms. The fourth-order valence-corrected chi connectivity index (χ4v) is 2.85. The zero-order chi connectivity index (χ0) is 19.8. The molecule has 4 nitrogen and oxygen atoms in total. The molecule has 0 unspecified atom stereocenters. The molecule has 3 rings (SSSR count). The minimum atomic E-state index is -0.212. The van der Waals surface area contributed by atoms with Gasteiger partial charge in [-0.3, -0.25) is 4.79 Å². The first-order chi connectivity index (χ1) is 13.6. The van der Waals surface area contributed by atoms with Crippen LogP contribution in [0.2, 0.25) is 10.0 Å². The summed E-state index contributed by atoms with van der Waals surface area (Å²) in [7, 11) is 0. The van der Waals surface area contributed by atoms with Gasteiger partial charge in [0.25, 0.3) is 0 Å². The third kappa shape index (κ3) is 6.12. The summed E-state index contributed by atoms with van der Waals surface area (Å²) in [6.07, 6.45) is 1.79. The quantitative estimate of drug-likeness (QED) is 0.424. The lowest BCUT2D eigenvalue weighted by atomic mass is 10.1. The molecular weight excluding hydrogens is 395 g/mol. The van der Waals surface area contributed by atoms with Crippen LogP contribution in [0.4, 0.5) is 0 Å². The summed E-state index contributed by atoms with van der Waals surface area (Å²) < 4.78 is 5.87. The number of nitrogens with zero attached hydrogens (tertiary/aromatic N) is 1. The molecule has 0 aliphatic rings. The maximum atomic E-state index is 12.0. The van der Waals surface area contributed by atoms with E-state index in [4.69, 9.17) is 27.9 Å². The van der Waals surface area contributed by atoms with Crippen LogP contribution in [-0.2, 0) is 17.8 Å². The molecule has 3 aromatic carbocycles. The van der Waals surface area contributed by atoms with Crippen molar-refractivity contribution in [3.63, 3.8) is 0 Å². The van der Waals surface area contributed by atoms with Gasteiger partial charge in [0.2, 0.25) is 5.91 Å². The Kier molecular flexibility index (Phi) is 7.06. The first-order valence-corrected chi connectivity index (χ1v) is 9.38. The summed E-state index contributed by atoms with van der Waals surface area (Å²) in [5, 5.41) is 5.34. The van der Waals surface area contributed by atoms with Crippen LogP contribution in [0.25, 0.3) is 0 Å². The maximum Gasteiger partial charge on any atom is 0.244 e. The van der Waals surface area contributed by atoms with Crippen LogP contribution in [-0.4, -0.2) is 12.1 Å². The Morgan fingerprint density at radius 1 is 0.929 bits per heavy atom. The van der Waals surface area contributed by atoms with E-state index < -0.39 is 0 Å². The number of halogens is 2. The summed E-state index contributed by atoms with van der Waals surface area (Å²) in [4.78, 5) is 12.0. The van der Waals surface area contributed by atoms with E-state index in [0.717, 1.165) is 16.7 Å². The van der Waals surface area contributed by atoms with Gasteiger partial charge in [0.05, 0.1) is 12.6 Å². The zero-order valence-electron chi connectivity index (χ0n) is 14.9. The van der Waals surface area contributed by atoms with Gasteiger partial charge in [0.1, 0.15) is 12.4 Å². The molecule has 0 atom stereocenters. The number of rotatable bonds is 7. The highest BCUT2D eigenvalue weighted by molar-refractivity contribution is 6.30. The van der Waals surface area contributed by atoms with Gasteiger partial charge in [-0.1, -0.05) is 59.6 Å². The standard InChI is InChI=1S/C22H18Cl2N2O2/c23-19-10-8-16(9-11-19)13-22(27)26-25-14-18-5-1-2-7-21(18)28-15-17-4-3-6-20(24)12-17/h1-12,14H,13,15H2,(H,26,27)/b25-14+. The van der Waals surface area contributed by atoms with Crippen molar-refractivity contribution >= 4 is 35.3 Å². The van der Waals surface area contributed by atoms with E-state index in [1.807, 2.05) is 60.7 Å². The van der Waals surface area contributed by atoms with E-state index in [1.165, 1.54) is 0 Å². The summed E-state index contributed by atoms with van der Waals surface area (Å²) in [5.41, 5.74) is 5.12. The van der Waals surface area contributed by atoms with Crippen LogP contribution in [0.5, 0.6) is 5.75 Å². The molecule has 0 aliphatic carbocycles. The van der Waals surface area contributed by atoms with E-state index in [1.54, 1.807) is 18.3 Å². The lowest BCUT2D eigenvalue weighted by Gasteiger charge is -2.09. The average molecular weight is 413 g/mol. The number of para-hydroxylation sites is 1. The predicted octanol–water partition coefficient (Wildman–Crippen LogP) is 5.27. The van der Waals surface area contributed by atoms with Crippen LogP contribution >= 0.6 is 23.2 Å². The number of carbonyl (C=O) groups excluding carboxylic acids is 1. The van der Waals surface area contributed by atoms with E-state index in [0.29, 0.717) is 22.4 Å². The molecule has 0 saturated heterocycles. The Labute approximate surface area is 173 Å². The Bertz CT molecular complexity index is 972. The van der Waals surface area contributed by atoms with Gasteiger partial charge in [0, 0.05) is 15.6 Å². The van der Waals surface area contributed by atoms with Crippen LogP contribution in [0.1, 0.15) is 16.7 Å². The van der Waals surface area contributed by atoms with Gasteiger partial charge >= 0.3 is 0 Å². The number of benzene rings is 3. The molecule has 0 bridgehead atoms. The Hall–Kier alpha value is -2.82. The van der Waals surface area contributed by atoms with Crippen molar-refractivity contribution in [3.05, 3.63) is 99.5 Å². The molecule has 6 heteroatoms. The summed E-state index contributed by atoms with van der Waals surface area (Å²) >= 11 is 11.8. The molecule has 0 saturated carbocycles. The molecule has 1 N–H and O–H groups in total. The van der Waals surface area contributed by atoms with E-state index in [2.05, 4.69) is 10.5 Å². The highest BCUT2D eigenvalue weighted by Crippen LogP contribution is 2.19. The minimum absolute atomic E-state index is 0.212. The van der Waals surface area contributed by atoms with Gasteiger partial charge in [-0.25, -0.2) is 5.43 Å². The molecule has 1 amide bonds. The van der Waals surface area contributed by atoms with Crippen LogP contribution in [0.15, 0.2) is 77.9 Å². The molecule has 142 valence electrons. The normalized spacial score (nSPS) is 10.8. The molecular formula is C22H18Cl2N2O2. The lowest BCUT2D eigenvalue weighted by molar-refractivity contribution is -0.120. The summed E-state index contributed by atoms with van der Waals surface area (Å²) in [6.45, 7) is 0.383. The van der Waals surface area contributed by atoms with Crippen molar-refractivity contribution in [1.82, 2.24) is 5.43 Å². The third-order valence-corrected chi connectivity index (χ3v) is 4.36. The van der Waals surface area contributed by atoms with Crippen molar-refractivity contribution in [3.8, 4) is 5.75 Å². The molecule has 0 fully saturated rings. The fourth-order valence-electron chi connectivity index (χ4n) is 2.51. The van der Waals surface area contributed by atoms with Crippen molar-refractivity contribution in [2.45, 2.75) is 13.0 Å². The second-order valence-corrected chi connectivity index (χ2v) is 6.93. The van der Waals surface area contributed by atoms with Crippen molar-refractivity contribution < 1.29 is 9.53 Å². The van der Waals surface area contributed by atoms with Crippen molar-refractivity contribution in [2.24, 2.45) is 5.10 Å². The van der Waals surface area contributed by atoms with E-state index >= 15 is 0 Å². The lowest BCUT2D eigenvalue weighted by Crippen LogP contribution is -2.19. The largest absolute Gasteiger partial charge is 0.488 e. The van der Waals surface area contributed by atoms with Crippen LogP contribution < -0.4 is 10.2 Å². The molecule has 0 aromatic heterocycles. The molecule has 0 radical (unpaired) electrons. The van der Waals surface area contributed by atoms with Gasteiger partial charge in [-0.2, -0.15) is 5.10 Å². The average Bonchev–Trinajstić information content (AvgIpc) is 2.69. The second-order valence-electron chi connectivity index (χ2n) is 6.05. The van der Waals surface area contributed by atoms with Crippen molar-refractivity contribution in [1.29, 1.82) is 0 Å². The van der Waals surface area contributed by atoms with Crippen molar-refractivity contribution in [2.75, 3.05) is 0 Å². The summed E-state index contributed by atoms with van der Waals surface area (Å²) in [5.74, 6) is 0.453.